The van der Waals surface area contributed by atoms with Crippen LogP contribution in [0, 0.1) is 5.82 Å². The summed E-state index contributed by atoms with van der Waals surface area (Å²) < 4.78 is 12.8. The molecule has 1 aromatic rings. The topological polar surface area (TPSA) is 49.4 Å². The van der Waals surface area contributed by atoms with Gasteiger partial charge in [-0.1, -0.05) is 6.07 Å². The van der Waals surface area contributed by atoms with E-state index in [0.29, 0.717) is 17.3 Å². The summed E-state index contributed by atoms with van der Waals surface area (Å²) in [7, 11) is 0. The Balaban J connectivity index is 2.04. The molecule has 0 spiro atoms. The number of benzene rings is 1. The van der Waals surface area contributed by atoms with Gasteiger partial charge >= 0.3 is 6.03 Å². The molecule has 4 nitrogen and oxygen atoms in total. The highest BCUT2D eigenvalue weighted by molar-refractivity contribution is 8.00. The number of rotatable bonds is 1. The Bertz CT molecular complexity index is 439. The number of carbonyl (C=O) groups is 2. The Kier molecular flexibility index (Phi) is 3.09. The number of hydrogen-bond donors (Lipinski definition) is 1. The second-order valence-electron chi connectivity index (χ2n) is 3.24. The van der Waals surface area contributed by atoms with Crippen molar-refractivity contribution in [2.75, 3.05) is 16.9 Å². The van der Waals surface area contributed by atoms with Crippen LogP contribution in [-0.4, -0.2) is 28.5 Å². The number of hydrogen-bond acceptors (Lipinski definition) is 3. The van der Waals surface area contributed by atoms with E-state index in [9.17, 15) is 14.0 Å². The number of urea groups is 1. The minimum atomic E-state index is -0.513. The molecule has 0 bridgehead atoms. The van der Waals surface area contributed by atoms with E-state index in [-0.39, 0.29) is 5.91 Å². The molecule has 1 saturated heterocycles. The third kappa shape index (κ3) is 2.33. The third-order valence-electron chi connectivity index (χ3n) is 2.07. The number of nitrogens with one attached hydrogen (secondary N) is 1. The number of nitrogens with zero attached hydrogens (tertiary/aromatic N) is 1. The van der Waals surface area contributed by atoms with E-state index in [0.717, 1.165) is 4.90 Å². The average molecular weight is 240 g/mol. The Morgan fingerprint density at radius 3 is 2.94 bits per heavy atom. The van der Waals surface area contributed by atoms with Gasteiger partial charge in [-0.25, -0.2) is 9.18 Å². The van der Waals surface area contributed by atoms with Gasteiger partial charge in [0.15, 0.2) is 0 Å². The van der Waals surface area contributed by atoms with Gasteiger partial charge in [0.25, 0.3) is 0 Å². The number of thioether (sulfide) groups is 1. The van der Waals surface area contributed by atoms with Gasteiger partial charge in [0.05, 0.1) is 11.6 Å². The summed E-state index contributed by atoms with van der Waals surface area (Å²) in [5.74, 6) is 0.00938. The predicted molar refractivity (Wildman–Crippen MR) is 59.6 cm³/mol. The molecule has 0 unspecified atom stereocenters. The number of amides is 3. The smallest absolute Gasteiger partial charge is 0.307 e. The first-order valence-corrected chi connectivity index (χ1v) is 5.77. The molecule has 1 fully saturated rings. The van der Waals surface area contributed by atoms with Crippen LogP contribution in [0.3, 0.4) is 0 Å². The number of anilines is 1. The molecule has 3 amide bonds. The van der Waals surface area contributed by atoms with Crippen LogP contribution < -0.4 is 5.32 Å². The summed E-state index contributed by atoms with van der Waals surface area (Å²) in [6.07, 6.45) is 0. The molecule has 1 aromatic carbocycles. The summed E-state index contributed by atoms with van der Waals surface area (Å²) in [6, 6.07) is 5.03. The van der Waals surface area contributed by atoms with Crippen LogP contribution >= 0.6 is 11.8 Å². The van der Waals surface area contributed by atoms with E-state index in [2.05, 4.69) is 5.32 Å². The Morgan fingerprint density at radius 2 is 2.31 bits per heavy atom. The van der Waals surface area contributed by atoms with Crippen molar-refractivity contribution in [3.05, 3.63) is 30.1 Å². The van der Waals surface area contributed by atoms with Crippen molar-refractivity contribution in [3.8, 4) is 0 Å². The summed E-state index contributed by atoms with van der Waals surface area (Å²) in [5, 5.41) is 2.47. The van der Waals surface area contributed by atoms with Crippen molar-refractivity contribution in [2.24, 2.45) is 0 Å². The Labute approximate surface area is 95.8 Å². The predicted octanol–water partition coefficient (Wildman–Crippen LogP) is 1.89. The van der Waals surface area contributed by atoms with E-state index in [4.69, 9.17) is 0 Å². The molecule has 1 heterocycles. The first kappa shape index (κ1) is 10.9. The summed E-state index contributed by atoms with van der Waals surface area (Å²) in [6.45, 7) is 0. The van der Waals surface area contributed by atoms with Crippen LogP contribution in [0.5, 0.6) is 0 Å². The normalized spacial score (nSPS) is 15.3. The fourth-order valence-corrected chi connectivity index (χ4v) is 2.17. The van der Waals surface area contributed by atoms with Gasteiger partial charge in [0.2, 0.25) is 5.91 Å². The molecule has 84 valence electrons. The standard InChI is InChI=1S/C10H9FN2O2S/c11-7-2-1-3-8(4-7)12-10(15)13-6-16-5-9(13)14/h1-4H,5-6H2,(H,12,15). The van der Waals surface area contributed by atoms with Gasteiger partial charge in [-0.3, -0.25) is 9.69 Å². The molecule has 0 atom stereocenters. The maximum Gasteiger partial charge on any atom is 0.329 e. The fraction of sp³-hybridized carbons (Fsp3) is 0.200. The Morgan fingerprint density at radius 1 is 1.50 bits per heavy atom. The molecule has 0 aromatic heterocycles. The van der Waals surface area contributed by atoms with Crippen molar-refractivity contribution in [1.29, 1.82) is 0 Å². The maximum atomic E-state index is 12.8. The van der Waals surface area contributed by atoms with Gasteiger partial charge in [0, 0.05) is 5.69 Å². The van der Waals surface area contributed by atoms with Crippen LogP contribution in [0.25, 0.3) is 0 Å². The van der Waals surface area contributed by atoms with Crippen molar-refractivity contribution in [3.63, 3.8) is 0 Å². The van der Waals surface area contributed by atoms with Gasteiger partial charge in [-0.2, -0.15) is 0 Å². The summed E-state index contributed by atoms with van der Waals surface area (Å²) in [5.41, 5.74) is 0.342. The van der Waals surface area contributed by atoms with Gasteiger partial charge in [-0.05, 0) is 18.2 Å². The molecular formula is C10H9FN2O2S. The fourth-order valence-electron chi connectivity index (χ4n) is 1.30. The molecular weight excluding hydrogens is 231 g/mol. The van der Waals surface area contributed by atoms with Crippen LogP contribution in [0.2, 0.25) is 0 Å². The highest BCUT2D eigenvalue weighted by atomic mass is 32.2. The SMILES string of the molecule is O=C1CSCN1C(=O)Nc1cccc(F)c1. The quantitative estimate of drug-likeness (QED) is 0.815. The maximum absolute atomic E-state index is 12.8. The van der Waals surface area contributed by atoms with E-state index in [1.807, 2.05) is 0 Å². The van der Waals surface area contributed by atoms with Crippen molar-refractivity contribution >= 4 is 29.4 Å². The summed E-state index contributed by atoms with van der Waals surface area (Å²) >= 11 is 1.37. The first-order valence-electron chi connectivity index (χ1n) is 4.61. The lowest BCUT2D eigenvalue weighted by Gasteiger charge is -2.13. The van der Waals surface area contributed by atoms with Crippen LogP contribution in [-0.2, 0) is 4.79 Å². The van der Waals surface area contributed by atoms with Crippen LogP contribution in [0.15, 0.2) is 24.3 Å². The zero-order valence-corrected chi connectivity index (χ0v) is 9.09. The molecule has 1 aliphatic rings. The van der Waals surface area contributed by atoms with Crippen molar-refractivity contribution in [1.82, 2.24) is 4.90 Å². The largest absolute Gasteiger partial charge is 0.329 e. The lowest BCUT2D eigenvalue weighted by Crippen LogP contribution is -2.36. The molecule has 1 aliphatic heterocycles. The molecule has 0 saturated carbocycles. The van der Waals surface area contributed by atoms with E-state index < -0.39 is 11.8 Å². The molecule has 0 aliphatic carbocycles. The van der Waals surface area contributed by atoms with Gasteiger partial charge < -0.3 is 5.32 Å². The molecule has 6 heteroatoms. The minimum Gasteiger partial charge on any atom is -0.307 e. The van der Waals surface area contributed by atoms with Gasteiger partial charge in [0.1, 0.15) is 5.82 Å². The second kappa shape index (κ2) is 4.52. The Hall–Kier alpha value is -1.56. The highest BCUT2D eigenvalue weighted by Crippen LogP contribution is 2.17. The molecule has 1 N–H and O–H groups in total. The van der Waals surface area contributed by atoms with Crippen LogP contribution in [0.1, 0.15) is 0 Å². The minimum absolute atomic E-state index is 0.223. The summed E-state index contributed by atoms with van der Waals surface area (Å²) in [4.78, 5) is 23.9. The molecule has 0 radical (unpaired) electrons. The third-order valence-corrected chi connectivity index (χ3v) is 2.96. The van der Waals surface area contributed by atoms with E-state index in [1.54, 1.807) is 6.07 Å². The number of halogens is 1. The first-order chi connectivity index (χ1) is 7.66. The lowest BCUT2D eigenvalue weighted by molar-refractivity contribution is -0.123. The number of imide groups is 1. The lowest BCUT2D eigenvalue weighted by atomic mass is 10.3. The van der Waals surface area contributed by atoms with Crippen molar-refractivity contribution < 1.29 is 14.0 Å². The second-order valence-corrected chi connectivity index (χ2v) is 4.19. The van der Waals surface area contributed by atoms with E-state index >= 15 is 0 Å². The van der Waals surface area contributed by atoms with E-state index in [1.165, 1.54) is 30.0 Å². The van der Waals surface area contributed by atoms with Crippen molar-refractivity contribution in [2.45, 2.75) is 0 Å². The van der Waals surface area contributed by atoms with Crippen LogP contribution in [0.4, 0.5) is 14.9 Å². The highest BCUT2D eigenvalue weighted by Gasteiger charge is 2.26. The van der Waals surface area contributed by atoms with Gasteiger partial charge in [-0.15, -0.1) is 11.8 Å². The number of carbonyl (C=O) groups excluding carboxylic acids is 2. The average Bonchev–Trinajstić information content (AvgIpc) is 2.64. The molecule has 16 heavy (non-hydrogen) atoms. The zero-order valence-electron chi connectivity index (χ0n) is 8.27. The monoisotopic (exact) mass is 240 g/mol. The zero-order chi connectivity index (χ0) is 11.5. The molecule has 2 rings (SSSR count).